The molecule has 1 saturated carbocycles. The van der Waals surface area contributed by atoms with Gasteiger partial charge in [-0.3, -0.25) is 9.36 Å². The molecule has 138 valence electrons. The number of nitrogens with zero attached hydrogens (tertiary/aromatic N) is 4. The summed E-state index contributed by atoms with van der Waals surface area (Å²) < 4.78 is 7.03. The second-order valence-electron chi connectivity index (χ2n) is 6.94. The number of hydrogen-bond donors (Lipinski definition) is 2. The van der Waals surface area contributed by atoms with Gasteiger partial charge in [0.1, 0.15) is 12.0 Å². The van der Waals surface area contributed by atoms with Gasteiger partial charge in [-0.05, 0) is 38.5 Å². The number of ether oxygens (including phenoxy) is 1. The first-order valence-corrected chi connectivity index (χ1v) is 9.06. The molecule has 0 radical (unpaired) electrons. The number of fused-ring (bicyclic) bond motifs is 1. The highest BCUT2D eigenvalue weighted by atomic mass is 16.5. The van der Waals surface area contributed by atoms with Gasteiger partial charge in [-0.15, -0.1) is 0 Å². The van der Waals surface area contributed by atoms with E-state index in [0.717, 1.165) is 31.2 Å². The smallest absolute Gasteiger partial charge is 0.270 e. The van der Waals surface area contributed by atoms with Gasteiger partial charge in [0.25, 0.3) is 5.91 Å². The number of carbonyl (C=O) groups excluding carboxylic acids is 1. The molecule has 0 aliphatic heterocycles. The van der Waals surface area contributed by atoms with E-state index in [-0.39, 0.29) is 18.1 Å². The Morgan fingerprint density at radius 2 is 2.08 bits per heavy atom. The largest absolute Gasteiger partial charge is 0.387 e. The van der Waals surface area contributed by atoms with E-state index in [1.54, 1.807) is 30.4 Å². The molecule has 8 nitrogen and oxygen atoms in total. The van der Waals surface area contributed by atoms with Crippen molar-refractivity contribution in [3.63, 3.8) is 0 Å². The van der Waals surface area contributed by atoms with Crippen LogP contribution < -0.4 is 5.32 Å². The highest BCUT2D eigenvalue weighted by molar-refractivity contribution is 5.94. The summed E-state index contributed by atoms with van der Waals surface area (Å²) in [4.78, 5) is 25.9. The second-order valence-corrected chi connectivity index (χ2v) is 6.94. The maximum atomic E-state index is 12.9. The van der Waals surface area contributed by atoms with Gasteiger partial charge >= 0.3 is 0 Å². The van der Waals surface area contributed by atoms with Crippen molar-refractivity contribution in [2.24, 2.45) is 0 Å². The van der Waals surface area contributed by atoms with Crippen molar-refractivity contribution in [2.75, 3.05) is 7.11 Å². The van der Waals surface area contributed by atoms with Crippen LogP contribution in [0.1, 0.15) is 60.0 Å². The van der Waals surface area contributed by atoms with Gasteiger partial charge < -0.3 is 15.2 Å². The van der Waals surface area contributed by atoms with Gasteiger partial charge in [-0.25, -0.2) is 15.0 Å². The molecule has 0 aromatic carbocycles. The summed E-state index contributed by atoms with van der Waals surface area (Å²) in [6.45, 7) is 0. The van der Waals surface area contributed by atoms with E-state index in [1.807, 2.05) is 0 Å². The molecule has 1 fully saturated rings. The fourth-order valence-electron chi connectivity index (χ4n) is 3.81. The van der Waals surface area contributed by atoms with Crippen LogP contribution in [0, 0.1) is 0 Å². The standard InChI is InChI=1S/C18H23N5O3/c1-26-12-4-2-11(3-5-12)20-17(25)16-13-6-7-14(24)15(13)21-18(22-16)23-9-8-19-10-23/h8-12,14,24H,2-7H2,1H3,(H,20,25)/t11-,12-,14?. The average molecular weight is 357 g/mol. The van der Waals surface area contributed by atoms with Crippen molar-refractivity contribution in [3.05, 3.63) is 35.7 Å². The van der Waals surface area contributed by atoms with E-state index in [9.17, 15) is 9.90 Å². The number of carbonyl (C=O) groups is 1. The van der Waals surface area contributed by atoms with Crippen molar-refractivity contribution in [1.82, 2.24) is 24.8 Å². The number of aliphatic hydroxyl groups is 1. The number of imidazole rings is 1. The summed E-state index contributed by atoms with van der Waals surface area (Å²) in [5.41, 5.74) is 1.67. The van der Waals surface area contributed by atoms with Gasteiger partial charge in [0.15, 0.2) is 0 Å². The van der Waals surface area contributed by atoms with E-state index in [0.29, 0.717) is 30.2 Å². The highest BCUT2D eigenvalue weighted by Gasteiger charge is 2.31. The summed E-state index contributed by atoms with van der Waals surface area (Å²) in [5.74, 6) is 0.162. The molecule has 1 amide bonds. The van der Waals surface area contributed by atoms with E-state index >= 15 is 0 Å². The lowest BCUT2D eigenvalue weighted by Gasteiger charge is -2.28. The third-order valence-corrected chi connectivity index (χ3v) is 5.30. The summed E-state index contributed by atoms with van der Waals surface area (Å²) in [5, 5.41) is 13.3. The minimum atomic E-state index is -0.654. The molecule has 2 aliphatic carbocycles. The van der Waals surface area contributed by atoms with Crippen LogP contribution in [0.5, 0.6) is 0 Å². The lowest BCUT2D eigenvalue weighted by molar-refractivity contribution is 0.0598. The topological polar surface area (TPSA) is 102 Å². The molecule has 0 spiro atoms. The van der Waals surface area contributed by atoms with Crippen LogP contribution in [0.25, 0.3) is 5.95 Å². The number of methoxy groups -OCH3 is 1. The minimum absolute atomic E-state index is 0.127. The van der Waals surface area contributed by atoms with Crippen LogP contribution >= 0.6 is 0 Å². The fraction of sp³-hybridized carbons (Fsp3) is 0.556. The van der Waals surface area contributed by atoms with E-state index < -0.39 is 6.10 Å². The molecule has 2 aliphatic rings. The van der Waals surface area contributed by atoms with Crippen LogP contribution in [-0.4, -0.2) is 49.8 Å². The second kappa shape index (κ2) is 7.13. The number of nitrogens with one attached hydrogen (secondary N) is 1. The number of hydrogen-bond acceptors (Lipinski definition) is 6. The van der Waals surface area contributed by atoms with Gasteiger partial charge in [0, 0.05) is 31.1 Å². The Morgan fingerprint density at radius 1 is 1.27 bits per heavy atom. The normalized spacial score (nSPS) is 25.1. The molecule has 4 rings (SSSR count). The fourth-order valence-corrected chi connectivity index (χ4v) is 3.81. The van der Waals surface area contributed by atoms with Crippen LogP contribution in [0.4, 0.5) is 0 Å². The highest BCUT2D eigenvalue weighted by Crippen LogP contribution is 2.32. The number of aromatic nitrogens is 4. The summed E-state index contributed by atoms with van der Waals surface area (Å²) in [6, 6.07) is 0.127. The van der Waals surface area contributed by atoms with Crippen molar-refractivity contribution < 1.29 is 14.6 Å². The predicted molar refractivity (Wildman–Crippen MR) is 93.0 cm³/mol. The van der Waals surface area contributed by atoms with Crippen LogP contribution in [-0.2, 0) is 11.2 Å². The summed E-state index contributed by atoms with van der Waals surface area (Å²) in [6.07, 6.45) is 9.42. The van der Waals surface area contributed by atoms with Gasteiger partial charge in [-0.1, -0.05) is 0 Å². The Labute approximate surface area is 151 Å². The SMILES string of the molecule is CO[C@H]1CC[C@H](NC(=O)c2nc(-n3ccnc3)nc3c2CCC3O)CC1. The third kappa shape index (κ3) is 3.22. The molecule has 2 aromatic heterocycles. The zero-order valence-corrected chi connectivity index (χ0v) is 14.8. The monoisotopic (exact) mass is 357 g/mol. The predicted octanol–water partition coefficient (Wildman–Crippen LogP) is 1.33. The van der Waals surface area contributed by atoms with Crippen molar-refractivity contribution >= 4 is 5.91 Å². The lowest BCUT2D eigenvalue weighted by Crippen LogP contribution is -2.39. The van der Waals surface area contributed by atoms with Gasteiger partial charge in [0.05, 0.1) is 17.9 Å². The van der Waals surface area contributed by atoms with Gasteiger partial charge in [-0.2, -0.15) is 0 Å². The molecule has 1 atom stereocenters. The molecule has 1 unspecified atom stereocenters. The lowest BCUT2D eigenvalue weighted by atomic mass is 9.93. The maximum absolute atomic E-state index is 12.9. The zero-order chi connectivity index (χ0) is 18.1. The first kappa shape index (κ1) is 17.1. The molecule has 26 heavy (non-hydrogen) atoms. The number of rotatable bonds is 4. The summed E-state index contributed by atoms with van der Waals surface area (Å²) >= 11 is 0. The van der Waals surface area contributed by atoms with Crippen molar-refractivity contribution in [3.8, 4) is 5.95 Å². The van der Waals surface area contributed by atoms with Crippen molar-refractivity contribution in [2.45, 2.75) is 56.8 Å². The Bertz CT molecular complexity index is 784. The van der Waals surface area contributed by atoms with Crippen LogP contribution in [0.15, 0.2) is 18.7 Å². The molecule has 2 aromatic rings. The van der Waals surface area contributed by atoms with E-state index in [2.05, 4.69) is 20.3 Å². The minimum Gasteiger partial charge on any atom is -0.387 e. The quantitative estimate of drug-likeness (QED) is 0.856. The third-order valence-electron chi connectivity index (χ3n) is 5.30. The number of amides is 1. The first-order chi connectivity index (χ1) is 12.7. The van der Waals surface area contributed by atoms with Gasteiger partial charge in [0.2, 0.25) is 5.95 Å². The maximum Gasteiger partial charge on any atom is 0.270 e. The molecule has 2 heterocycles. The molecule has 0 saturated heterocycles. The Kier molecular flexibility index (Phi) is 4.69. The van der Waals surface area contributed by atoms with E-state index in [4.69, 9.17) is 4.74 Å². The Hall–Kier alpha value is -2.32. The Morgan fingerprint density at radius 3 is 2.77 bits per heavy atom. The molecule has 8 heteroatoms. The summed E-state index contributed by atoms with van der Waals surface area (Å²) in [7, 11) is 1.73. The molecular formula is C18H23N5O3. The number of aliphatic hydroxyl groups excluding tert-OH is 1. The molecule has 0 bridgehead atoms. The molecular weight excluding hydrogens is 334 g/mol. The van der Waals surface area contributed by atoms with Crippen molar-refractivity contribution in [1.29, 1.82) is 0 Å². The van der Waals surface area contributed by atoms with E-state index in [1.165, 1.54) is 0 Å². The first-order valence-electron chi connectivity index (χ1n) is 9.06. The zero-order valence-electron chi connectivity index (χ0n) is 14.8. The van der Waals surface area contributed by atoms with Crippen LogP contribution in [0.2, 0.25) is 0 Å². The molecule has 2 N–H and O–H groups in total. The average Bonchev–Trinajstić information content (AvgIpc) is 3.32. The van der Waals surface area contributed by atoms with Crippen LogP contribution in [0.3, 0.4) is 0 Å². The Balaban J connectivity index is 1.59.